The predicted molar refractivity (Wildman–Crippen MR) is 135 cm³/mol. The number of anilines is 2. The first-order chi connectivity index (χ1) is 16.9. The number of hydrogen-bond acceptors (Lipinski definition) is 7. The number of carbonyl (C=O) groups is 1. The van der Waals surface area contributed by atoms with Crippen molar-refractivity contribution in [3.05, 3.63) is 29.4 Å². The number of fused-ring (bicyclic) bond motifs is 1. The molecule has 4 aliphatic rings. The Labute approximate surface area is 210 Å². The molecule has 6 rings (SSSR count). The molecule has 2 N–H and O–H groups in total. The number of pyridine rings is 1. The van der Waals surface area contributed by atoms with Crippen LogP contribution in [0.3, 0.4) is 0 Å². The molecule has 35 heavy (non-hydrogen) atoms. The van der Waals surface area contributed by atoms with Crippen LogP contribution >= 0.6 is 11.6 Å². The lowest BCUT2D eigenvalue weighted by atomic mass is 9.93. The molecule has 8 nitrogen and oxygen atoms in total. The fraction of sp³-hybridized carbons (Fsp3) is 0.615. The first-order valence-electron chi connectivity index (χ1n) is 12.6. The zero-order chi connectivity index (χ0) is 24.2. The number of nitrogens with one attached hydrogen (secondary N) is 1. The Morgan fingerprint density at radius 1 is 1.14 bits per heavy atom. The highest BCUT2D eigenvalue weighted by atomic mass is 35.5. The van der Waals surface area contributed by atoms with Gasteiger partial charge in [0.1, 0.15) is 5.82 Å². The summed E-state index contributed by atoms with van der Waals surface area (Å²) in [5.41, 5.74) is 0.793. The number of ether oxygens (including phenoxy) is 2. The van der Waals surface area contributed by atoms with E-state index in [4.69, 9.17) is 21.1 Å². The number of halogens is 1. The number of aliphatic hydroxyl groups excluding tert-OH is 1. The van der Waals surface area contributed by atoms with Gasteiger partial charge in [0.15, 0.2) is 0 Å². The second-order valence-corrected chi connectivity index (χ2v) is 11.2. The lowest BCUT2D eigenvalue weighted by Gasteiger charge is -2.45. The molecular formula is C26H33ClN4O4. The number of benzene rings is 1. The fourth-order valence-corrected chi connectivity index (χ4v) is 6.43. The highest BCUT2D eigenvalue weighted by Crippen LogP contribution is 2.59. The summed E-state index contributed by atoms with van der Waals surface area (Å²) >= 11 is 6.68. The Kier molecular flexibility index (Phi) is 5.92. The van der Waals surface area contributed by atoms with Crippen molar-refractivity contribution in [2.75, 3.05) is 62.8 Å². The van der Waals surface area contributed by atoms with E-state index in [1.807, 2.05) is 12.1 Å². The number of nitrogens with zero attached hydrogens (tertiary/aromatic N) is 3. The summed E-state index contributed by atoms with van der Waals surface area (Å²) in [6, 6.07) is 5.98. The average Bonchev–Trinajstić information content (AvgIpc) is 3.44. The summed E-state index contributed by atoms with van der Waals surface area (Å²) in [7, 11) is 0. The first kappa shape index (κ1) is 23.4. The Morgan fingerprint density at radius 2 is 1.91 bits per heavy atom. The van der Waals surface area contributed by atoms with Gasteiger partial charge in [0.2, 0.25) is 5.91 Å². The Hall–Kier alpha value is -1.97. The summed E-state index contributed by atoms with van der Waals surface area (Å²) in [5, 5.41) is 16.1. The van der Waals surface area contributed by atoms with Gasteiger partial charge in [-0.3, -0.25) is 9.69 Å². The van der Waals surface area contributed by atoms with Crippen molar-refractivity contribution >= 4 is 39.8 Å². The van der Waals surface area contributed by atoms with Gasteiger partial charge in [-0.15, -0.1) is 0 Å². The second kappa shape index (κ2) is 8.85. The summed E-state index contributed by atoms with van der Waals surface area (Å²) in [6.07, 6.45) is 4.20. The van der Waals surface area contributed by atoms with Crippen molar-refractivity contribution in [2.24, 2.45) is 11.3 Å². The van der Waals surface area contributed by atoms with E-state index in [-0.39, 0.29) is 22.8 Å². The smallest absolute Gasteiger partial charge is 0.229 e. The van der Waals surface area contributed by atoms with Crippen LogP contribution in [0, 0.1) is 11.3 Å². The molecular weight excluding hydrogens is 468 g/mol. The van der Waals surface area contributed by atoms with E-state index in [1.165, 1.54) is 0 Å². The van der Waals surface area contributed by atoms with Crippen molar-refractivity contribution in [3.8, 4) is 0 Å². The molecule has 188 valence electrons. The summed E-state index contributed by atoms with van der Waals surface area (Å²) in [6.45, 7) is 7.84. The maximum absolute atomic E-state index is 12.9. The van der Waals surface area contributed by atoms with Gasteiger partial charge >= 0.3 is 0 Å². The van der Waals surface area contributed by atoms with E-state index >= 15 is 0 Å². The molecule has 1 amide bonds. The topological polar surface area (TPSA) is 87.2 Å². The maximum atomic E-state index is 12.9. The number of carbonyl (C=O) groups excluding carboxylic acids is 1. The van der Waals surface area contributed by atoms with Crippen LogP contribution in [0.15, 0.2) is 24.4 Å². The van der Waals surface area contributed by atoms with E-state index in [0.717, 1.165) is 75.1 Å². The minimum Gasteiger partial charge on any atom is -0.389 e. The van der Waals surface area contributed by atoms with Crippen molar-refractivity contribution < 1.29 is 19.4 Å². The molecule has 1 saturated carbocycles. The Bertz CT molecular complexity index is 1130. The van der Waals surface area contributed by atoms with E-state index in [9.17, 15) is 9.90 Å². The van der Waals surface area contributed by atoms with Gasteiger partial charge in [0.05, 0.1) is 35.6 Å². The van der Waals surface area contributed by atoms with Crippen LogP contribution in [0.1, 0.15) is 26.2 Å². The van der Waals surface area contributed by atoms with Gasteiger partial charge in [-0.05, 0) is 55.2 Å². The largest absolute Gasteiger partial charge is 0.389 e. The van der Waals surface area contributed by atoms with Crippen molar-refractivity contribution in [3.63, 3.8) is 0 Å². The van der Waals surface area contributed by atoms with Gasteiger partial charge in [0.25, 0.3) is 0 Å². The molecule has 0 radical (unpaired) electrons. The van der Waals surface area contributed by atoms with E-state index in [0.29, 0.717) is 24.1 Å². The SMILES string of the molecule is C[C@@]1(N2CCN(c3cc4cc(NC(=O)[C@H]5CC56CCOCC6)ncc4cc3Cl)CC2)COC[C@@H]1O. The molecule has 3 atom stereocenters. The molecule has 9 heteroatoms. The van der Waals surface area contributed by atoms with Crippen molar-refractivity contribution in [1.29, 1.82) is 0 Å². The van der Waals surface area contributed by atoms with Crippen LogP contribution in [-0.4, -0.2) is 85.1 Å². The fourth-order valence-electron chi connectivity index (χ4n) is 6.14. The number of rotatable bonds is 4. The van der Waals surface area contributed by atoms with Crippen LogP contribution in [0.25, 0.3) is 10.8 Å². The molecule has 1 aromatic carbocycles. The van der Waals surface area contributed by atoms with Crippen LogP contribution in [0.2, 0.25) is 5.02 Å². The molecule has 0 bridgehead atoms. The minimum absolute atomic E-state index is 0.0617. The lowest BCUT2D eigenvalue weighted by Crippen LogP contribution is -2.60. The zero-order valence-electron chi connectivity index (χ0n) is 20.1. The average molecular weight is 501 g/mol. The van der Waals surface area contributed by atoms with Crippen LogP contribution < -0.4 is 10.2 Å². The molecule has 1 spiro atoms. The number of hydrogen-bond donors (Lipinski definition) is 2. The van der Waals surface area contributed by atoms with Gasteiger partial charge < -0.3 is 24.8 Å². The van der Waals surface area contributed by atoms with E-state index in [1.54, 1.807) is 6.20 Å². The monoisotopic (exact) mass is 500 g/mol. The van der Waals surface area contributed by atoms with Gasteiger partial charge in [-0.1, -0.05) is 11.6 Å². The molecule has 4 fully saturated rings. The molecule has 2 aromatic rings. The van der Waals surface area contributed by atoms with Crippen molar-refractivity contribution in [2.45, 2.75) is 37.8 Å². The molecule has 3 aliphatic heterocycles. The predicted octanol–water partition coefficient (Wildman–Crippen LogP) is 2.92. The van der Waals surface area contributed by atoms with Gasteiger partial charge in [-0.2, -0.15) is 0 Å². The number of piperazine rings is 1. The standard InChI is InChI=1S/C26H33ClN4O4/c1-25(16-35-15-22(25)32)31-6-4-30(5-7-31)21-11-17-12-23(28-14-18(17)10-20(21)27)29-24(33)19-13-26(19)2-8-34-9-3-26/h10-12,14,19,22,32H,2-9,13,15-16H2,1H3,(H,28,29,33)/t19-,22+,25-/m1/s1. The third-order valence-electron chi connectivity index (χ3n) is 8.76. The van der Waals surface area contributed by atoms with Crippen LogP contribution in [0.4, 0.5) is 11.5 Å². The molecule has 4 heterocycles. The zero-order valence-corrected chi connectivity index (χ0v) is 20.9. The van der Waals surface area contributed by atoms with E-state index in [2.05, 4.69) is 33.1 Å². The minimum atomic E-state index is -0.462. The van der Waals surface area contributed by atoms with Gasteiger partial charge in [0, 0.05) is 56.9 Å². The summed E-state index contributed by atoms with van der Waals surface area (Å²) in [5.74, 6) is 0.708. The Morgan fingerprint density at radius 3 is 2.63 bits per heavy atom. The lowest BCUT2D eigenvalue weighted by molar-refractivity contribution is -0.118. The third kappa shape index (κ3) is 4.19. The summed E-state index contributed by atoms with van der Waals surface area (Å²) in [4.78, 5) is 22.0. The Balaban J connectivity index is 1.15. The number of aromatic nitrogens is 1. The van der Waals surface area contributed by atoms with Crippen molar-refractivity contribution in [1.82, 2.24) is 9.88 Å². The molecule has 1 aliphatic carbocycles. The highest BCUT2D eigenvalue weighted by Gasteiger charge is 2.58. The highest BCUT2D eigenvalue weighted by molar-refractivity contribution is 6.34. The quantitative estimate of drug-likeness (QED) is 0.667. The third-order valence-corrected chi connectivity index (χ3v) is 9.07. The molecule has 3 saturated heterocycles. The van der Waals surface area contributed by atoms with Crippen LogP contribution in [0.5, 0.6) is 0 Å². The maximum Gasteiger partial charge on any atom is 0.229 e. The molecule has 0 unspecified atom stereocenters. The first-order valence-corrected chi connectivity index (χ1v) is 13.0. The molecule has 1 aromatic heterocycles. The van der Waals surface area contributed by atoms with Crippen LogP contribution in [-0.2, 0) is 14.3 Å². The number of aliphatic hydroxyl groups is 1. The summed E-state index contributed by atoms with van der Waals surface area (Å²) < 4.78 is 11.0. The van der Waals surface area contributed by atoms with E-state index < -0.39 is 6.10 Å². The second-order valence-electron chi connectivity index (χ2n) is 10.8. The normalized spacial score (nSPS) is 30.7. The number of amides is 1. The van der Waals surface area contributed by atoms with Gasteiger partial charge in [-0.25, -0.2) is 4.98 Å².